The topological polar surface area (TPSA) is 9.23 Å². The normalized spacial score (nSPS) is 30.7. The Bertz CT molecular complexity index is 141. The number of halogens is 1. The molecule has 1 rings (SSSR count). The molecule has 1 nitrogen and oxygen atoms in total. The van der Waals surface area contributed by atoms with Gasteiger partial charge < -0.3 is 4.74 Å². The fourth-order valence-electron chi connectivity index (χ4n) is 2.30. The first-order valence-electron chi connectivity index (χ1n) is 5.36. The zero-order valence-electron chi connectivity index (χ0n) is 8.81. The average Bonchev–Trinajstić information content (AvgIpc) is 2.54. The highest BCUT2D eigenvalue weighted by molar-refractivity contribution is 9.09. The van der Waals surface area contributed by atoms with Crippen LogP contribution in [0.2, 0.25) is 0 Å². The third-order valence-corrected chi connectivity index (χ3v) is 4.22. The molecule has 1 heterocycles. The summed E-state index contributed by atoms with van der Waals surface area (Å²) in [5, 5.41) is 1.11. The van der Waals surface area contributed by atoms with E-state index in [2.05, 4.69) is 29.8 Å². The van der Waals surface area contributed by atoms with E-state index >= 15 is 0 Å². The van der Waals surface area contributed by atoms with Crippen molar-refractivity contribution in [2.24, 2.45) is 11.3 Å². The Hall–Kier alpha value is 0.440. The van der Waals surface area contributed by atoms with Crippen LogP contribution in [0.5, 0.6) is 0 Å². The molecular formula is C11H21BrO. The molecule has 0 amide bonds. The number of ether oxygens (including phenoxy) is 1. The predicted octanol–water partition coefficient (Wildman–Crippen LogP) is 3.61. The van der Waals surface area contributed by atoms with Crippen LogP contribution < -0.4 is 0 Å². The lowest BCUT2D eigenvalue weighted by atomic mass is 9.80. The Kier molecular flexibility index (Phi) is 4.74. The summed E-state index contributed by atoms with van der Waals surface area (Å²) >= 11 is 3.63. The number of hydrogen-bond donors (Lipinski definition) is 0. The summed E-state index contributed by atoms with van der Waals surface area (Å²) in [4.78, 5) is 0. The van der Waals surface area contributed by atoms with Crippen molar-refractivity contribution in [1.29, 1.82) is 0 Å². The molecule has 0 aliphatic carbocycles. The van der Waals surface area contributed by atoms with Crippen LogP contribution in [-0.4, -0.2) is 18.5 Å². The summed E-state index contributed by atoms with van der Waals surface area (Å²) in [5.41, 5.74) is 0.453. The van der Waals surface area contributed by atoms with Crippen molar-refractivity contribution in [2.45, 2.75) is 39.5 Å². The minimum Gasteiger partial charge on any atom is -0.381 e. The second-order valence-electron chi connectivity index (χ2n) is 4.53. The Balaban J connectivity index is 2.38. The standard InChI is InChI=1S/C11H21BrO/c1-3-4-10(2)7-11(8-12)5-6-13-9-11/h10H,3-9H2,1-2H3. The van der Waals surface area contributed by atoms with Crippen LogP contribution in [0.1, 0.15) is 39.5 Å². The molecule has 1 aliphatic heterocycles. The van der Waals surface area contributed by atoms with E-state index in [1.54, 1.807) is 0 Å². The van der Waals surface area contributed by atoms with Gasteiger partial charge in [-0.25, -0.2) is 0 Å². The van der Waals surface area contributed by atoms with E-state index in [0.29, 0.717) is 5.41 Å². The average molecular weight is 249 g/mol. The Morgan fingerprint density at radius 3 is 2.77 bits per heavy atom. The van der Waals surface area contributed by atoms with E-state index in [1.807, 2.05) is 0 Å². The Morgan fingerprint density at radius 1 is 1.54 bits per heavy atom. The summed E-state index contributed by atoms with van der Waals surface area (Å²) in [6.45, 7) is 6.56. The van der Waals surface area contributed by atoms with Gasteiger partial charge in [0.1, 0.15) is 0 Å². The van der Waals surface area contributed by atoms with Crippen molar-refractivity contribution < 1.29 is 4.74 Å². The molecule has 0 spiro atoms. The van der Waals surface area contributed by atoms with E-state index in [1.165, 1.54) is 25.7 Å². The van der Waals surface area contributed by atoms with Gasteiger partial charge in [0.2, 0.25) is 0 Å². The summed E-state index contributed by atoms with van der Waals surface area (Å²) in [5.74, 6) is 0.851. The summed E-state index contributed by atoms with van der Waals surface area (Å²) < 4.78 is 5.50. The second-order valence-corrected chi connectivity index (χ2v) is 5.09. The van der Waals surface area contributed by atoms with Crippen LogP contribution in [0.15, 0.2) is 0 Å². The molecule has 1 fully saturated rings. The first-order valence-corrected chi connectivity index (χ1v) is 6.48. The summed E-state index contributed by atoms with van der Waals surface area (Å²) in [6, 6.07) is 0. The predicted molar refractivity (Wildman–Crippen MR) is 60.4 cm³/mol. The monoisotopic (exact) mass is 248 g/mol. The second kappa shape index (κ2) is 5.35. The highest BCUT2D eigenvalue weighted by Crippen LogP contribution is 2.37. The minimum atomic E-state index is 0.453. The van der Waals surface area contributed by atoms with Gasteiger partial charge in [-0.15, -0.1) is 0 Å². The Morgan fingerprint density at radius 2 is 2.31 bits per heavy atom. The molecule has 0 bridgehead atoms. The molecule has 2 heteroatoms. The van der Waals surface area contributed by atoms with Gasteiger partial charge in [0.15, 0.2) is 0 Å². The van der Waals surface area contributed by atoms with E-state index in [9.17, 15) is 0 Å². The molecule has 0 N–H and O–H groups in total. The number of rotatable bonds is 5. The molecule has 0 radical (unpaired) electrons. The number of hydrogen-bond acceptors (Lipinski definition) is 1. The van der Waals surface area contributed by atoms with Crippen molar-refractivity contribution >= 4 is 15.9 Å². The fraction of sp³-hybridized carbons (Fsp3) is 1.00. The summed E-state index contributed by atoms with van der Waals surface area (Å²) in [6.07, 6.45) is 5.23. The van der Waals surface area contributed by atoms with E-state index in [0.717, 1.165) is 24.5 Å². The number of alkyl halides is 1. The van der Waals surface area contributed by atoms with Crippen molar-refractivity contribution in [3.05, 3.63) is 0 Å². The van der Waals surface area contributed by atoms with Crippen LogP contribution in [0, 0.1) is 11.3 Å². The third kappa shape index (κ3) is 3.25. The van der Waals surface area contributed by atoms with Crippen molar-refractivity contribution in [2.75, 3.05) is 18.5 Å². The lowest BCUT2D eigenvalue weighted by Crippen LogP contribution is -2.25. The van der Waals surface area contributed by atoms with Gasteiger partial charge in [-0.2, -0.15) is 0 Å². The molecule has 0 saturated carbocycles. The van der Waals surface area contributed by atoms with Crippen LogP contribution in [0.3, 0.4) is 0 Å². The van der Waals surface area contributed by atoms with Gasteiger partial charge in [-0.05, 0) is 18.8 Å². The quantitative estimate of drug-likeness (QED) is 0.676. The van der Waals surface area contributed by atoms with E-state index in [4.69, 9.17) is 4.74 Å². The van der Waals surface area contributed by atoms with E-state index < -0.39 is 0 Å². The largest absolute Gasteiger partial charge is 0.381 e. The van der Waals surface area contributed by atoms with Gasteiger partial charge >= 0.3 is 0 Å². The molecule has 1 saturated heterocycles. The van der Waals surface area contributed by atoms with Gasteiger partial charge in [-0.1, -0.05) is 42.6 Å². The van der Waals surface area contributed by atoms with Gasteiger partial charge in [0, 0.05) is 17.4 Å². The van der Waals surface area contributed by atoms with Crippen molar-refractivity contribution in [3.63, 3.8) is 0 Å². The van der Waals surface area contributed by atoms with Crippen LogP contribution >= 0.6 is 15.9 Å². The lowest BCUT2D eigenvalue weighted by Gasteiger charge is -2.28. The molecule has 13 heavy (non-hydrogen) atoms. The maximum Gasteiger partial charge on any atom is 0.0531 e. The molecule has 0 aromatic rings. The molecular weight excluding hydrogens is 228 g/mol. The molecule has 2 unspecified atom stereocenters. The van der Waals surface area contributed by atoms with Gasteiger partial charge in [-0.3, -0.25) is 0 Å². The van der Waals surface area contributed by atoms with Gasteiger partial charge in [0.05, 0.1) is 6.61 Å². The van der Waals surface area contributed by atoms with Crippen LogP contribution in [0.4, 0.5) is 0 Å². The first-order chi connectivity index (χ1) is 6.22. The summed E-state index contributed by atoms with van der Waals surface area (Å²) in [7, 11) is 0. The van der Waals surface area contributed by atoms with E-state index in [-0.39, 0.29) is 0 Å². The van der Waals surface area contributed by atoms with Crippen LogP contribution in [0.25, 0.3) is 0 Å². The fourth-order valence-corrected chi connectivity index (χ4v) is 2.98. The minimum absolute atomic E-state index is 0.453. The SMILES string of the molecule is CCCC(C)CC1(CBr)CCOC1. The smallest absolute Gasteiger partial charge is 0.0531 e. The molecule has 0 aromatic carbocycles. The first kappa shape index (κ1) is 11.5. The van der Waals surface area contributed by atoms with Crippen molar-refractivity contribution in [1.82, 2.24) is 0 Å². The zero-order valence-corrected chi connectivity index (χ0v) is 10.4. The molecule has 1 aliphatic rings. The van der Waals surface area contributed by atoms with Crippen molar-refractivity contribution in [3.8, 4) is 0 Å². The maximum atomic E-state index is 5.50. The Labute approximate surface area is 90.4 Å². The highest BCUT2D eigenvalue weighted by Gasteiger charge is 2.34. The highest BCUT2D eigenvalue weighted by atomic mass is 79.9. The lowest BCUT2D eigenvalue weighted by molar-refractivity contribution is 0.147. The molecule has 2 atom stereocenters. The van der Waals surface area contributed by atoms with Crippen LogP contribution in [-0.2, 0) is 4.74 Å². The maximum absolute atomic E-state index is 5.50. The van der Waals surface area contributed by atoms with Gasteiger partial charge in [0.25, 0.3) is 0 Å². The third-order valence-electron chi connectivity index (χ3n) is 3.03. The molecule has 78 valence electrons. The molecule has 0 aromatic heterocycles. The zero-order chi connectivity index (χ0) is 9.73.